The Morgan fingerprint density at radius 2 is 1.65 bits per heavy atom. The molecule has 0 spiro atoms. The van der Waals surface area contributed by atoms with Crippen LogP contribution >= 0.6 is 11.6 Å². The largest absolute Gasteiger partial charge is 0.497 e. The zero-order valence-corrected chi connectivity index (χ0v) is 13.1. The van der Waals surface area contributed by atoms with E-state index in [2.05, 4.69) is 10.9 Å². The summed E-state index contributed by atoms with van der Waals surface area (Å²) in [7, 11) is 1.54. The van der Waals surface area contributed by atoms with Crippen LogP contribution in [0.5, 0.6) is 5.75 Å². The Morgan fingerprint density at radius 3 is 2.26 bits per heavy atom. The molecule has 5 nitrogen and oxygen atoms in total. The van der Waals surface area contributed by atoms with Crippen LogP contribution in [0.2, 0.25) is 0 Å². The molecule has 0 aromatic heterocycles. The van der Waals surface area contributed by atoms with Crippen LogP contribution in [0.4, 0.5) is 0 Å². The molecule has 0 bridgehead atoms. The summed E-state index contributed by atoms with van der Waals surface area (Å²) in [5.74, 6) is -0.415. The number of amides is 2. The van der Waals surface area contributed by atoms with Crippen molar-refractivity contribution >= 4 is 29.5 Å². The maximum Gasteiger partial charge on any atom is 0.281 e. The lowest BCUT2D eigenvalue weighted by Gasteiger charge is -2.07. The Bertz CT molecular complexity index is 712. The summed E-state index contributed by atoms with van der Waals surface area (Å²) in [6, 6.07) is 15.6. The summed E-state index contributed by atoms with van der Waals surface area (Å²) in [4.78, 5) is 23.7. The molecular formula is C17H15ClN2O3. The van der Waals surface area contributed by atoms with Gasteiger partial charge in [0.1, 0.15) is 10.8 Å². The van der Waals surface area contributed by atoms with E-state index in [-0.39, 0.29) is 5.03 Å². The zero-order chi connectivity index (χ0) is 16.7. The number of benzene rings is 2. The fourth-order valence-electron chi connectivity index (χ4n) is 1.75. The average Bonchev–Trinajstić information content (AvgIpc) is 2.60. The molecule has 118 valence electrons. The Balaban J connectivity index is 1.92. The smallest absolute Gasteiger partial charge is 0.281 e. The Morgan fingerprint density at radius 1 is 1.00 bits per heavy atom. The minimum atomic E-state index is -0.600. The van der Waals surface area contributed by atoms with Crippen LogP contribution in [-0.2, 0) is 4.79 Å². The third-order valence-corrected chi connectivity index (χ3v) is 3.23. The summed E-state index contributed by atoms with van der Waals surface area (Å²) in [5.41, 5.74) is 5.73. The summed E-state index contributed by atoms with van der Waals surface area (Å²) < 4.78 is 5.01. The fraction of sp³-hybridized carbons (Fsp3) is 0.0588. The topological polar surface area (TPSA) is 67.4 Å². The predicted octanol–water partition coefficient (Wildman–Crippen LogP) is 2.74. The first-order valence-electron chi connectivity index (χ1n) is 6.77. The van der Waals surface area contributed by atoms with E-state index in [1.165, 1.54) is 13.2 Å². The Labute approximate surface area is 138 Å². The molecule has 0 aliphatic heterocycles. The van der Waals surface area contributed by atoms with Crippen molar-refractivity contribution < 1.29 is 14.3 Å². The van der Waals surface area contributed by atoms with E-state index >= 15 is 0 Å². The highest BCUT2D eigenvalue weighted by atomic mass is 35.5. The van der Waals surface area contributed by atoms with E-state index in [1.54, 1.807) is 24.3 Å². The first-order chi connectivity index (χ1) is 11.1. The molecule has 2 N–H and O–H groups in total. The minimum Gasteiger partial charge on any atom is -0.497 e. The minimum absolute atomic E-state index is 0.0359. The molecule has 0 atom stereocenters. The second-order valence-corrected chi connectivity index (χ2v) is 4.95. The van der Waals surface area contributed by atoms with Crippen molar-refractivity contribution in [2.75, 3.05) is 7.11 Å². The van der Waals surface area contributed by atoms with E-state index in [0.29, 0.717) is 11.3 Å². The summed E-state index contributed by atoms with van der Waals surface area (Å²) in [6.07, 6.45) is 1.51. The van der Waals surface area contributed by atoms with Crippen molar-refractivity contribution in [3.8, 4) is 5.75 Å². The Hall–Kier alpha value is -2.79. The van der Waals surface area contributed by atoms with E-state index in [9.17, 15) is 9.59 Å². The van der Waals surface area contributed by atoms with Gasteiger partial charge in [-0.25, -0.2) is 0 Å². The molecule has 2 rings (SSSR count). The van der Waals surface area contributed by atoms with Crippen LogP contribution < -0.4 is 15.6 Å². The number of ether oxygens (including phenoxy) is 1. The van der Waals surface area contributed by atoms with Crippen molar-refractivity contribution in [2.24, 2.45) is 0 Å². The predicted molar refractivity (Wildman–Crippen MR) is 88.9 cm³/mol. The first kappa shape index (κ1) is 16.6. The van der Waals surface area contributed by atoms with Gasteiger partial charge in [-0.2, -0.15) is 0 Å². The van der Waals surface area contributed by atoms with Crippen molar-refractivity contribution in [1.29, 1.82) is 0 Å². The number of methoxy groups -OCH3 is 1. The lowest BCUT2D eigenvalue weighted by molar-refractivity contribution is -0.117. The monoisotopic (exact) mass is 330 g/mol. The lowest BCUT2D eigenvalue weighted by Crippen LogP contribution is -2.41. The number of rotatable bonds is 4. The van der Waals surface area contributed by atoms with Gasteiger partial charge in [0.25, 0.3) is 11.8 Å². The molecule has 2 aromatic rings. The van der Waals surface area contributed by atoms with Gasteiger partial charge in [0.15, 0.2) is 0 Å². The van der Waals surface area contributed by atoms with Crippen molar-refractivity contribution in [1.82, 2.24) is 10.9 Å². The van der Waals surface area contributed by atoms with E-state index in [0.717, 1.165) is 5.56 Å². The van der Waals surface area contributed by atoms with E-state index in [1.807, 2.05) is 30.3 Å². The normalized spacial score (nSPS) is 10.8. The van der Waals surface area contributed by atoms with Crippen LogP contribution in [0.1, 0.15) is 15.9 Å². The van der Waals surface area contributed by atoms with Gasteiger partial charge in [0.05, 0.1) is 7.11 Å². The van der Waals surface area contributed by atoms with Gasteiger partial charge in [-0.05, 0) is 35.9 Å². The van der Waals surface area contributed by atoms with Crippen LogP contribution in [0.3, 0.4) is 0 Å². The Kier molecular flexibility index (Phi) is 5.77. The maximum atomic E-state index is 11.9. The van der Waals surface area contributed by atoms with Gasteiger partial charge < -0.3 is 4.74 Å². The summed E-state index contributed by atoms with van der Waals surface area (Å²) in [5, 5.41) is -0.0359. The summed E-state index contributed by atoms with van der Waals surface area (Å²) in [6.45, 7) is 0. The number of hydrogen-bond acceptors (Lipinski definition) is 3. The highest BCUT2D eigenvalue weighted by Gasteiger charge is 2.10. The number of carbonyl (C=O) groups excluding carboxylic acids is 2. The number of nitrogens with one attached hydrogen (secondary N) is 2. The SMILES string of the molecule is COc1ccc(C(=O)NNC(=O)C(Cl)=Cc2ccccc2)cc1. The number of hydrogen-bond donors (Lipinski definition) is 2. The highest BCUT2D eigenvalue weighted by molar-refractivity contribution is 6.44. The molecular weight excluding hydrogens is 316 g/mol. The molecule has 0 aliphatic carbocycles. The second-order valence-electron chi connectivity index (χ2n) is 4.54. The molecule has 0 fully saturated rings. The lowest BCUT2D eigenvalue weighted by atomic mass is 10.2. The van der Waals surface area contributed by atoms with Crippen molar-refractivity contribution in [2.45, 2.75) is 0 Å². The molecule has 0 heterocycles. The average molecular weight is 331 g/mol. The first-order valence-corrected chi connectivity index (χ1v) is 7.15. The number of halogens is 1. The van der Waals surface area contributed by atoms with Crippen LogP contribution in [0, 0.1) is 0 Å². The van der Waals surface area contributed by atoms with Gasteiger partial charge in [0.2, 0.25) is 0 Å². The van der Waals surface area contributed by atoms with E-state index < -0.39 is 11.8 Å². The van der Waals surface area contributed by atoms with Crippen LogP contribution in [0.25, 0.3) is 6.08 Å². The molecule has 23 heavy (non-hydrogen) atoms. The third-order valence-electron chi connectivity index (χ3n) is 2.95. The molecule has 0 aliphatic rings. The van der Waals surface area contributed by atoms with Crippen LogP contribution in [-0.4, -0.2) is 18.9 Å². The molecule has 0 radical (unpaired) electrons. The van der Waals surface area contributed by atoms with Crippen LogP contribution in [0.15, 0.2) is 59.6 Å². The molecule has 6 heteroatoms. The van der Waals surface area contributed by atoms with Gasteiger partial charge in [0, 0.05) is 5.56 Å². The number of hydrazine groups is 1. The van der Waals surface area contributed by atoms with Crippen molar-refractivity contribution in [3.05, 3.63) is 70.8 Å². The third kappa shape index (κ3) is 4.86. The fourth-order valence-corrected chi connectivity index (χ4v) is 1.92. The zero-order valence-electron chi connectivity index (χ0n) is 12.4. The van der Waals surface area contributed by atoms with Gasteiger partial charge in [-0.3, -0.25) is 20.4 Å². The highest BCUT2D eigenvalue weighted by Crippen LogP contribution is 2.11. The van der Waals surface area contributed by atoms with Gasteiger partial charge in [-0.1, -0.05) is 41.9 Å². The molecule has 2 amide bonds. The molecule has 0 unspecified atom stereocenters. The van der Waals surface area contributed by atoms with Gasteiger partial charge >= 0.3 is 0 Å². The van der Waals surface area contributed by atoms with E-state index in [4.69, 9.17) is 16.3 Å². The second kappa shape index (κ2) is 8.00. The molecule has 0 saturated heterocycles. The van der Waals surface area contributed by atoms with Crippen molar-refractivity contribution in [3.63, 3.8) is 0 Å². The summed E-state index contributed by atoms with van der Waals surface area (Å²) >= 11 is 5.92. The standard InChI is InChI=1S/C17H15ClN2O3/c1-23-14-9-7-13(8-10-14)16(21)19-20-17(22)15(18)11-12-5-3-2-4-6-12/h2-11H,1H3,(H,19,21)(H,20,22). The number of carbonyl (C=O) groups is 2. The quantitative estimate of drug-likeness (QED) is 0.669. The molecule has 2 aromatic carbocycles. The van der Waals surface area contributed by atoms with Gasteiger partial charge in [-0.15, -0.1) is 0 Å². The molecule has 0 saturated carbocycles. The maximum absolute atomic E-state index is 11.9.